The van der Waals surface area contributed by atoms with Crippen LogP contribution in [0.1, 0.15) is 25.1 Å². The van der Waals surface area contributed by atoms with Crippen molar-refractivity contribution in [1.29, 1.82) is 0 Å². The van der Waals surface area contributed by atoms with Crippen molar-refractivity contribution in [2.24, 2.45) is 0 Å². The van der Waals surface area contributed by atoms with Crippen molar-refractivity contribution >= 4 is 5.91 Å². The number of carbonyl (C=O) groups excluding carboxylic acids is 1. The van der Waals surface area contributed by atoms with Crippen LogP contribution in [0.2, 0.25) is 0 Å². The van der Waals surface area contributed by atoms with Gasteiger partial charge >= 0.3 is 0 Å². The molecule has 1 unspecified atom stereocenters. The van der Waals surface area contributed by atoms with Gasteiger partial charge in [0.15, 0.2) is 0 Å². The summed E-state index contributed by atoms with van der Waals surface area (Å²) < 4.78 is 7.52. The van der Waals surface area contributed by atoms with Crippen LogP contribution in [0.15, 0.2) is 12.4 Å². The lowest BCUT2D eigenvalue weighted by atomic mass is 10.2. The smallest absolute Gasteiger partial charge is 0.224 e. The Bertz CT molecular complexity index is 496. The van der Waals surface area contributed by atoms with Gasteiger partial charge in [-0.15, -0.1) is 0 Å². The third kappa shape index (κ3) is 3.67. The van der Waals surface area contributed by atoms with E-state index in [0.717, 1.165) is 38.5 Å². The molecule has 0 aliphatic carbocycles. The molecule has 0 radical (unpaired) electrons. The van der Waals surface area contributed by atoms with Crippen molar-refractivity contribution in [1.82, 2.24) is 19.4 Å². The van der Waals surface area contributed by atoms with E-state index in [2.05, 4.69) is 14.5 Å². The fourth-order valence-corrected chi connectivity index (χ4v) is 3.43. The van der Waals surface area contributed by atoms with Gasteiger partial charge < -0.3 is 14.2 Å². The molecule has 3 heterocycles. The van der Waals surface area contributed by atoms with Crippen LogP contribution in [0.5, 0.6) is 0 Å². The second kappa shape index (κ2) is 7.24. The summed E-state index contributed by atoms with van der Waals surface area (Å²) in [6, 6.07) is 0.533. The van der Waals surface area contributed by atoms with Crippen molar-refractivity contribution < 1.29 is 9.53 Å². The van der Waals surface area contributed by atoms with Gasteiger partial charge in [0, 0.05) is 51.0 Å². The molecular weight excluding hydrogens is 280 g/mol. The standard InChI is InChI=1S/C16H26N4O2/c1-14-17-5-8-20(14)13-15-3-2-6-18(15)7-4-16(21)19-9-11-22-12-10-19/h5,8,15H,2-4,6-7,9-13H2,1H3. The normalized spacial score (nSPS) is 23.1. The van der Waals surface area contributed by atoms with Gasteiger partial charge in [-0.05, 0) is 26.3 Å². The average molecular weight is 306 g/mol. The van der Waals surface area contributed by atoms with Gasteiger partial charge in [0.05, 0.1) is 13.2 Å². The van der Waals surface area contributed by atoms with E-state index in [-0.39, 0.29) is 5.91 Å². The van der Waals surface area contributed by atoms with Crippen molar-refractivity contribution in [2.45, 2.75) is 38.8 Å². The van der Waals surface area contributed by atoms with E-state index in [0.29, 0.717) is 25.7 Å². The topological polar surface area (TPSA) is 50.6 Å². The Hall–Kier alpha value is -1.40. The van der Waals surface area contributed by atoms with Gasteiger partial charge in [-0.1, -0.05) is 0 Å². The zero-order valence-corrected chi connectivity index (χ0v) is 13.4. The minimum absolute atomic E-state index is 0.271. The summed E-state index contributed by atoms with van der Waals surface area (Å²) in [5.74, 6) is 1.34. The third-order valence-electron chi connectivity index (χ3n) is 4.81. The summed E-state index contributed by atoms with van der Waals surface area (Å²) in [6.07, 6.45) is 6.97. The van der Waals surface area contributed by atoms with E-state index in [1.54, 1.807) is 0 Å². The first kappa shape index (κ1) is 15.5. The maximum absolute atomic E-state index is 12.3. The Morgan fingerprint density at radius 2 is 2.18 bits per heavy atom. The molecular formula is C16H26N4O2. The predicted octanol–water partition coefficient (Wildman–Crippen LogP) is 0.905. The highest BCUT2D eigenvalue weighted by molar-refractivity contribution is 5.76. The number of likely N-dealkylation sites (tertiary alicyclic amines) is 1. The van der Waals surface area contributed by atoms with Crippen molar-refractivity contribution in [3.05, 3.63) is 18.2 Å². The number of ether oxygens (including phenoxy) is 1. The molecule has 1 atom stereocenters. The summed E-state index contributed by atoms with van der Waals surface area (Å²) in [7, 11) is 0. The van der Waals surface area contributed by atoms with Crippen LogP contribution >= 0.6 is 0 Å². The minimum Gasteiger partial charge on any atom is -0.378 e. The Kier molecular flexibility index (Phi) is 5.10. The summed E-state index contributed by atoms with van der Waals surface area (Å²) in [5.41, 5.74) is 0. The number of rotatable bonds is 5. The molecule has 22 heavy (non-hydrogen) atoms. The summed E-state index contributed by atoms with van der Waals surface area (Å²) in [6.45, 7) is 7.85. The molecule has 2 aliphatic heterocycles. The Balaban J connectivity index is 1.48. The van der Waals surface area contributed by atoms with Crippen LogP contribution in [-0.2, 0) is 16.1 Å². The first-order valence-corrected chi connectivity index (χ1v) is 8.31. The maximum Gasteiger partial charge on any atom is 0.224 e. The van der Waals surface area contributed by atoms with E-state index >= 15 is 0 Å². The SMILES string of the molecule is Cc1nccn1CC1CCCN1CCC(=O)N1CCOCC1. The summed E-state index contributed by atoms with van der Waals surface area (Å²) >= 11 is 0. The number of morpholine rings is 1. The quantitative estimate of drug-likeness (QED) is 0.811. The van der Waals surface area contributed by atoms with Gasteiger partial charge in [-0.3, -0.25) is 9.69 Å². The van der Waals surface area contributed by atoms with Gasteiger partial charge in [0.1, 0.15) is 5.82 Å². The Morgan fingerprint density at radius 1 is 1.36 bits per heavy atom. The molecule has 0 N–H and O–H groups in total. The zero-order chi connectivity index (χ0) is 15.4. The highest BCUT2D eigenvalue weighted by Crippen LogP contribution is 2.20. The molecule has 0 aromatic carbocycles. The highest BCUT2D eigenvalue weighted by Gasteiger charge is 2.26. The van der Waals surface area contributed by atoms with Crippen LogP contribution in [0.3, 0.4) is 0 Å². The second-order valence-electron chi connectivity index (χ2n) is 6.20. The molecule has 2 fully saturated rings. The van der Waals surface area contributed by atoms with Crippen LogP contribution in [-0.4, -0.2) is 70.7 Å². The number of hydrogen-bond donors (Lipinski definition) is 0. The van der Waals surface area contributed by atoms with E-state index in [1.807, 2.05) is 24.2 Å². The molecule has 6 heteroatoms. The second-order valence-corrected chi connectivity index (χ2v) is 6.20. The van der Waals surface area contributed by atoms with Gasteiger partial charge in [-0.25, -0.2) is 4.98 Å². The maximum atomic E-state index is 12.3. The number of amides is 1. The van der Waals surface area contributed by atoms with E-state index < -0.39 is 0 Å². The van der Waals surface area contributed by atoms with Crippen LogP contribution in [0, 0.1) is 6.92 Å². The van der Waals surface area contributed by atoms with Crippen molar-refractivity contribution in [2.75, 3.05) is 39.4 Å². The number of carbonyl (C=O) groups is 1. The monoisotopic (exact) mass is 306 g/mol. The van der Waals surface area contributed by atoms with Crippen molar-refractivity contribution in [3.8, 4) is 0 Å². The minimum atomic E-state index is 0.271. The largest absolute Gasteiger partial charge is 0.378 e. The number of aromatic nitrogens is 2. The Labute approximate surface area is 132 Å². The molecule has 0 saturated carbocycles. The molecule has 0 spiro atoms. The molecule has 1 aromatic heterocycles. The van der Waals surface area contributed by atoms with Gasteiger partial charge in [0.2, 0.25) is 5.91 Å². The van der Waals surface area contributed by atoms with E-state index in [4.69, 9.17) is 4.74 Å². The lowest BCUT2D eigenvalue weighted by Crippen LogP contribution is -2.42. The number of imidazole rings is 1. The first-order valence-electron chi connectivity index (χ1n) is 8.31. The molecule has 2 aliphatic rings. The lowest BCUT2D eigenvalue weighted by Gasteiger charge is -2.29. The highest BCUT2D eigenvalue weighted by atomic mass is 16.5. The third-order valence-corrected chi connectivity index (χ3v) is 4.81. The number of aryl methyl sites for hydroxylation is 1. The van der Waals surface area contributed by atoms with Crippen LogP contribution in [0.4, 0.5) is 0 Å². The predicted molar refractivity (Wildman–Crippen MR) is 83.6 cm³/mol. The zero-order valence-electron chi connectivity index (χ0n) is 13.4. The lowest BCUT2D eigenvalue weighted by molar-refractivity contribution is -0.135. The van der Waals surface area contributed by atoms with E-state index in [9.17, 15) is 4.79 Å². The molecule has 1 amide bonds. The van der Waals surface area contributed by atoms with Crippen LogP contribution < -0.4 is 0 Å². The number of nitrogens with zero attached hydrogens (tertiary/aromatic N) is 4. The Morgan fingerprint density at radius 3 is 2.91 bits per heavy atom. The van der Waals surface area contributed by atoms with Gasteiger partial charge in [0.25, 0.3) is 0 Å². The molecule has 122 valence electrons. The first-order chi connectivity index (χ1) is 10.7. The summed E-state index contributed by atoms with van der Waals surface area (Å²) in [5, 5.41) is 0. The summed E-state index contributed by atoms with van der Waals surface area (Å²) in [4.78, 5) is 21.0. The molecule has 2 saturated heterocycles. The van der Waals surface area contributed by atoms with Crippen LogP contribution in [0.25, 0.3) is 0 Å². The fourth-order valence-electron chi connectivity index (χ4n) is 3.43. The molecule has 0 bridgehead atoms. The van der Waals surface area contributed by atoms with E-state index in [1.165, 1.54) is 12.8 Å². The molecule has 1 aromatic rings. The van der Waals surface area contributed by atoms with Gasteiger partial charge in [-0.2, -0.15) is 0 Å². The molecule has 3 rings (SSSR count). The van der Waals surface area contributed by atoms with Crippen molar-refractivity contribution in [3.63, 3.8) is 0 Å². The average Bonchev–Trinajstić information content (AvgIpc) is 3.16. The fraction of sp³-hybridized carbons (Fsp3) is 0.750. The molecule has 6 nitrogen and oxygen atoms in total. The number of hydrogen-bond acceptors (Lipinski definition) is 4.